The average Bonchev–Trinajstić information content (AvgIpc) is 2.46. The van der Waals surface area contributed by atoms with E-state index in [-0.39, 0.29) is 6.04 Å². The van der Waals surface area contributed by atoms with Gasteiger partial charge in [0.1, 0.15) is 5.75 Å². The molecule has 0 saturated carbocycles. The molecule has 0 bridgehead atoms. The van der Waals surface area contributed by atoms with Gasteiger partial charge in [-0.2, -0.15) is 0 Å². The van der Waals surface area contributed by atoms with Gasteiger partial charge in [-0.15, -0.1) is 0 Å². The van der Waals surface area contributed by atoms with Crippen LogP contribution in [-0.2, 0) is 0 Å². The third-order valence-corrected chi connectivity index (χ3v) is 3.22. The van der Waals surface area contributed by atoms with Crippen LogP contribution < -0.4 is 10.1 Å². The summed E-state index contributed by atoms with van der Waals surface area (Å²) in [5.41, 5.74) is 2.50. The Morgan fingerprint density at radius 2 is 2.00 bits per heavy atom. The molecular weight excluding hydrogens is 236 g/mol. The Hall–Kier alpha value is -1.87. The van der Waals surface area contributed by atoms with Crippen molar-refractivity contribution in [3.8, 4) is 5.75 Å². The summed E-state index contributed by atoms with van der Waals surface area (Å²) in [6.45, 7) is 2.79. The fourth-order valence-electron chi connectivity index (χ4n) is 2.11. The molecule has 0 radical (unpaired) electrons. The van der Waals surface area contributed by atoms with Gasteiger partial charge in [0.2, 0.25) is 0 Å². The minimum Gasteiger partial charge on any atom is -0.494 e. The molecule has 2 aromatic rings. The van der Waals surface area contributed by atoms with Gasteiger partial charge in [0.25, 0.3) is 0 Å². The fourth-order valence-corrected chi connectivity index (χ4v) is 2.11. The first-order chi connectivity index (χ1) is 9.31. The first-order valence-electron chi connectivity index (χ1n) is 6.57. The Balaban J connectivity index is 1.92. The Bertz CT molecular complexity index is 499. The zero-order valence-corrected chi connectivity index (χ0v) is 11.5. The molecule has 1 heterocycles. The summed E-state index contributed by atoms with van der Waals surface area (Å²) in [4.78, 5) is 4.20. The zero-order chi connectivity index (χ0) is 13.5. The SMILES string of the molecule is CNC(CCOc1ccccc1)c1cnccc1C. The second-order valence-electron chi connectivity index (χ2n) is 4.52. The molecule has 3 nitrogen and oxygen atoms in total. The van der Waals surface area contributed by atoms with Crippen molar-refractivity contribution in [2.45, 2.75) is 19.4 Å². The molecule has 1 N–H and O–H groups in total. The standard InChI is InChI=1S/C16H20N2O/c1-13-8-10-18-12-15(13)16(17-2)9-11-19-14-6-4-3-5-7-14/h3-8,10,12,16-17H,9,11H2,1-2H3. The van der Waals surface area contributed by atoms with E-state index in [1.807, 2.05) is 55.8 Å². The summed E-state index contributed by atoms with van der Waals surface area (Å²) in [5, 5.41) is 3.33. The van der Waals surface area contributed by atoms with Crippen molar-refractivity contribution < 1.29 is 4.74 Å². The number of rotatable bonds is 6. The van der Waals surface area contributed by atoms with E-state index in [0.717, 1.165) is 12.2 Å². The number of nitrogens with one attached hydrogen (secondary N) is 1. The van der Waals surface area contributed by atoms with Crippen LogP contribution in [0.5, 0.6) is 5.75 Å². The van der Waals surface area contributed by atoms with Gasteiger partial charge in [-0.25, -0.2) is 0 Å². The highest BCUT2D eigenvalue weighted by Gasteiger charge is 2.11. The highest BCUT2D eigenvalue weighted by atomic mass is 16.5. The summed E-state index contributed by atoms with van der Waals surface area (Å²) in [6.07, 6.45) is 4.67. The van der Waals surface area contributed by atoms with Crippen LogP contribution in [0.2, 0.25) is 0 Å². The molecule has 3 heteroatoms. The minimum absolute atomic E-state index is 0.275. The number of para-hydroxylation sites is 1. The Kier molecular flexibility index (Phi) is 4.93. The number of aryl methyl sites for hydroxylation is 1. The van der Waals surface area contributed by atoms with Crippen molar-refractivity contribution >= 4 is 0 Å². The van der Waals surface area contributed by atoms with Crippen molar-refractivity contribution in [2.24, 2.45) is 0 Å². The molecule has 100 valence electrons. The maximum Gasteiger partial charge on any atom is 0.119 e. The first-order valence-corrected chi connectivity index (χ1v) is 6.57. The summed E-state index contributed by atoms with van der Waals surface area (Å²) in [7, 11) is 1.97. The van der Waals surface area contributed by atoms with Crippen molar-refractivity contribution in [2.75, 3.05) is 13.7 Å². The number of hydrogen-bond donors (Lipinski definition) is 1. The van der Waals surface area contributed by atoms with E-state index in [4.69, 9.17) is 4.74 Å². The van der Waals surface area contributed by atoms with Gasteiger partial charge in [0.15, 0.2) is 0 Å². The number of nitrogens with zero attached hydrogens (tertiary/aromatic N) is 1. The molecule has 0 fully saturated rings. The van der Waals surface area contributed by atoms with E-state index >= 15 is 0 Å². The molecular formula is C16H20N2O. The molecule has 2 rings (SSSR count). The summed E-state index contributed by atoms with van der Waals surface area (Å²) < 4.78 is 5.74. The predicted molar refractivity (Wildman–Crippen MR) is 77.3 cm³/mol. The maximum atomic E-state index is 5.74. The Labute approximate surface area is 114 Å². The van der Waals surface area contributed by atoms with E-state index in [9.17, 15) is 0 Å². The molecule has 0 spiro atoms. The van der Waals surface area contributed by atoms with Crippen LogP contribution in [0.25, 0.3) is 0 Å². The van der Waals surface area contributed by atoms with E-state index in [1.54, 1.807) is 0 Å². The molecule has 0 amide bonds. The Morgan fingerprint density at radius 3 is 2.68 bits per heavy atom. The van der Waals surface area contributed by atoms with Crippen LogP contribution in [-0.4, -0.2) is 18.6 Å². The quantitative estimate of drug-likeness (QED) is 0.862. The lowest BCUT2D eigenvalue weighted by atomic mass is 10.0. The summed E-state index contributed by atoms with van der Waals surface area (Å²) in [5.74, 6) is 0.917. The summed E-state index contributed by atoms with van der Waals surface area (Å²) >= 11 is 0. The van der Waals surface area contributed by atoms with E-state index in [0.29, 0.717) is 6.61 Å². The van der Waals surface area contributed by atoms with Crippen molar-refractivity contribution in [1.82, 2.24) is 10.3 Å². The van der Waals surface area contributed by atoms with Gasteiger partial charge in [-0.1, -0.05) is 18.2 Å². The van der Waals surface area contributed by atoms with Crippen molar-refractivity contribution in [3.63, 3.8) is 0 Å². The average molecular weight is 256 g/mol. The van der Waals surface area contributed by atoms with Gasteiger partial charge in [-0.05, 0) is 43.3 Å². The molecule has 0 saturated heterocycles. The molecule has 1 unspecified atom stereocenters. The number of benzene rings is 1. The third-order valence-electron chi connectivity index (χ3n) is 3.22. The smallest absolute Gasteiger partial charge is 0.119 e. The zero-order valence-electron chi connectivity index (χ0n) is 11.5. The monoisotopic (exact) mass is 256 g/mol. The van der Waals surface area contributed by atoms with Crippen LogP contribution in [0.1, 0.15) is 23.6 Å². The largest absolute Gasteiger partial charge is 0.494 e. The van der Waals surface area contributed by atoms with Gasteiger partial charge in [0.05, 0.1) is 6.61 Å². The van der Waals surface area contributed by atoms with Crippen molar-refractivity contribution in [3.05, 3.63) is 59.9 Å². The minimum atomic E-state index is 0.275. The fraction of sp³-hybridized carbons (Fsp3) is 0.312. The maximum absolute atomic E-state index is 5.74. The van der Waals surface area contributed by atoms with Crippen LogP contribution in [0.15, 0.2) is 48.8 Å². The molecule has 0 aliphatic carbocycles. The molecule has 0 aliphatic heterocycles. The normalized spacial score (nSPS) is 12.1. The number of aromatic nitrogens is 1. The van der Waals surface area contributed by atoms with E-state index in [2.05, 4.69) is 17.2 Å². The van der Waals surface area contributed by atoms with Crippen LogP contribution in [0.4, 0.5) is 0 Å². The highest BCUT2D eigenvalue weighted by Crippen LogP contribution is 2.19. The number of ether oxygens (including phenoxy) is 1. The van der Waals surface area contributed by atoms with Gasteiger partial charge >= 0.3 is 0 Å². The van der Waals surface area contributed by atoms with E-state index < -0.39 is 0 Å². The lowest BCUT2D eigenvalue weighted by Crippen LogP contribution is -2.20. The van der Waals surface area contributed by atoms with Gasteiger partial charge < -0.3 is 10.1 Å². The number of pyridine rings is 1. The molecule has 1 aromatic carbocycles. The van der Waals surface area contributed by atoms with E-state index in [1.165, 1.54) is 11.1 Å². The highest BCUT2D eigenvalue weighted by molar-refractivity contribution is 5.25. The van der Waals surface area contributed by atoms with Gasteiger partial charge in [0, 0.05) is 24.9 Å². The molecule has 0 aliphatic rings. The summed E-state index contributed by atoms with van der Waals surface area (Å²) in [6, 6.07) is 12.2. The van der Waals surface area contributed by atoms with Crippen molar-refractivity contribution in [1.29, 1.82) is 0 Å². The van der Waals surface area contributed by atoms with Gasteiger partial charge in [-0.3, -0.25) is 4.98 Å². The second kappa shape index (κ2) is 6.90. The number of hydrogen-bond acceptors (Lipinski definition) is 3. The molecule has 1 aromatic heterocycles. The lowest BCUT2D eigenvalue weighted by Gasteiger charge is -2.18. The second-order valence-corrected chi connectivity index (χ2v) is 4.52. The predicted octanol–water partition coefficient (Wildman–Crippen LogP) is 3.12. The van der Waals surface area contributed by atoms with Crippen LogP contribution in [0.3, 0.4) is 0 Å². The Morgan fingerprint density at radius 1 is 1.21 bits per heavy atom. The van der Waals surface area contributed by atoms with Crippen LogP contribution in [0, 0.1) is 6.92 Å². The topological polar surface area (TPSA) is 34.1 Å². The van der Waals surface area contributed by atoms with Crippen LogP contribution >= 0.6 is 0 Å². The molecule has 19 heavy (non-hydrogen) atoms. The third kappa shape index (κ3) is 3.80. The lowest BCUT2D eigenvalue weighted by molar-refractivity contribution is 0.290. The molecule has 1 atom stereocenters. The first kappa shape index (κ1) is 13.6.